The van der Waals surface area contributed by atoms with Crippen LogP contribution in [0.1, 0.15) is 56.4 Å². The first kappa shape index (κ1) is 47.2. The zero-order chi connectivity index (χ0) is 52.5. The van der Waals surface area contributed by atoms with Gasteiger partial charge in [-0.1, -0.05) is 244 Å². The Kier molecular flexibility index (Phi) is 11.4. The smallest absolute Gasteiger partial charge is 0.143 e. The van der Waals surface area contributed by atoms with E-state index in [1.807, 2.05) is 0 Å². The summed E-state index contributed by atoms with van der Waals surface area (Å²) in [7, 11) is 0. The Labute approximate surface area is 458 Å². The van der Waals surface area contributed by atoms with Gasteiger partial charge in [-0.3, -0.25) is 0 Å². The van der Waals surface area contributed by atoms with Crippen molar-refractivity contribution in [1.29, 1.82) is 0 Å². The van der Waals surface area contributed by atoms with Crippen molar-refractivity contribution in [3.05, 3.63) is 295 Å². The summed E-state index contributed by atoms with van der Waals surface area (Å²) in [5.41, 5.74) is 25.7. The third-order valence-electron chi connectivity index (χ3n) is 17.3. The van der Waals surface area contributed by atoms with Crippen LogP contribution < -0.4 is 4.90 Å². The van der Waals surface area contributed by atoms with Gasteiger partial charge in [-0.15, -0.1) is 0 Å². The fourth-order valence-electron chi connectivity index (χ4n) is 13.7. The number of hydrogen-bond acceptors (Lipinski definition) is 2. The summed E-state index contributed by atoms with van der Waals surface area (Å²) in [6.45, 7) is 9.22. The summed E-state index contributed by atoms with van der Waals surface area (Å²) >= 11 is 0. The first-order chi connectivity index (χ1) is 38.3. The summed E-state index contributed by atoms with van der Waals surface area (Å²) in [6, 6.07) is 83.2. The molecule has 1 aromatic heterocycles. The van der Waals surface area contributed by atoms with E-state index in [2.05, 4.69) is 300 Å². The van der Waals surface area contributed by atoms with Crippen LogP contribution in [0.2, 0.25) is 0 Å². The highest BCUT2D eigenvalue weighted by molar-refractivity contribution is 6.12. The minimum Gasteiger partial charge on any atom is -0.455 e. The molecule has 0 aliphatic heterocycles. The Balaban J connectivity index is 1.01. The van der Waals surface area contributed by atoms with Crippen LogP contribution >= 0.6 is 0 Å². The molecule has 1 heterocycles. The van der Waals surface area contributed by atoms with Crippen molar-refractivity contribution in [3.8, 4) is 66.8 Å². The maximum atomic E-state index is 6.85. The SMILES string of the molecule is C/C=C\C=C(/C)C1(C2C=CC=CC2)c2ccccc2-c2c(-c3cccc4c3oc3ccccc34)ccc(-c3ccc(N(c4ccc5c(c4)C(C)(C)c4ccccc4-5)c4ccc(-c5ccccc5)cc4-c4ccccc4)cc3)c21. The first-order valence-corrected chi connectivity index (χ1v) is 27.6. The number of fused-ring (bicyclic) bond motifs is 9. The summed E-state index contributed by atoms with van der Waals surface area (Å²) in [5.74, 6) is 0.155. The number of anilines is 3. The Morgan fingerprint density at radius 3 is 1.91 bits per heavy atom. The fourth-order valence-corrected chi connectivity index (χ4v) is 13.7. The van der Waals surface area contributed by atoms with E-state index in [1.54, 1.807) is 0 Å². The van der Waals surface area contributed by atoms with Gasteiger partial charge in [0.2, 0.25) is 0 Å². The van der Waals surface area contributed by atoms with Gasteiger partial charge in [0, 0.05) is 44.1 Å². The monoisotopic (exact) mass is 1000 g/mol. The van der Waals surface area contributed by atoms with E-state index >= 15 is 0 Å². The van der Waals surface area contributed by atoms with Crippen LogP contribution in [0.3, 0.4) is 0 Å². The van der Waals surface area contributed by atoms with Crippen molar-refractivity contribution in [2.75, 3.05) is 4.90 Å². The molecule has 78 heavy (non-hydrogen) atoms. The highest BCUT2D eigenvalue weighted by Crippen LogP contribution is 2.63. The average molecular weight is 1000 g/mol. The van der Waals surface area contributed by atoms with Gasteiger partial charge < -0.3 is 9.32 Å². The topological polar surface area (TPSA) is 16.4 Å². The van der Waals surface area contributed by atoms with Crippen LogP contribution in [0.4, 0.5) is 17.1 Å². The molecule has 0 saturated carbocycles. The standard InChI is InChI=1S/C76H59NO/c1-5-6-23-50(2)76(55-28-14-9-15-29-55)68-36-20-17-32-65(68)72-62(64-34-22-33-63-61-31-18-21-37-71(61)78-74(63)64)46-45-58(73(72)76)53-38-41-56(42-39-53)77(57-43-44-60-59-30-16-19-35-67(59)75(3,4)69(60)49-57)70-47-40-54(51-24-10-7-11-25-51)48-66(70)52-26-12-8-13-27-52/h5-28,30-49,55H,29H2,1-4H3/b6-5-,50-23+. The molecule has 2 nitrogen and oxygen atoms in total. The lowest BCUT2D eigenvalue weighted by molar-refractivity contribution is 0.449. The van der Waals surface area contributed by atoms with E-state index < -0.39 is 5.41 Å². The lowest BCUT2D eigenvalue weighted by Crippen LogP contribution is -2.36. The molecule has 3 aliphatic rings. The molecule has 0 fully saturated rings. The summed E-state index contributed by atoms with van der Waals surface area (Å²) in [6.07, 6.45) is 16.9. The Morgan fingerprint density at radius 1 is 0.500 bits per heavy atom. The van der Waals surface area contributed by atoms with Gasteiger partial charge in [-0.2, -0.15) is 0 Å². The third-order valence-corrected chi connectivity index (χ3v) is 17.3. The first-order valence-electron chi connectivity index (χ1n) is 27.6. The van der Waals surface area contributed by atoms with Gasteiger partial charge in [-0.05, 0) is 147 Å². The van der Waals surface area contributed by atoms with E-state index in [0.29, 0.717) is 0 Å². The predicted octanol–water partition coefficient (Wildman–Crippen LogP) is 21.0. The number of benzene rings is 10. The van der Waals surface area contributed by atoms with Crippen LogP contribution in [-0.2, 0) is 10.8 Å². The van der Waals surface area contributed by atoms with E-state index in [1.165, 1.54) is 83.5 Å². The minimum absolute atomic E-state index is 0.155. The largest absolute Gasteiger partial charge is 0.455 e. The number of rotatable bonds is 10. The lowest BCUT2D eigenvalue weighted by Gasteiger charge is -2.41. The second-order valence-electron chi connectivity index (χ2n) is 21.8. The molecule has 0 spiro atoms. The summed E-state index contributed by atoms with van der Waals surface area (Å²) in [4.78, 5) is 2.49. The van der Waals surface area contributed by atoms with Crippen molar-refractivity contribution in [2.45, 2.75) is 44.9 Å². The maximum Gasteiger partial charge on any atom is 0.143 e. The minimum atomic E-state index is -0.496. The molecule has 0 radical (unpaired) electrons. The molecule has 10 aromatic carbocycles. The number of para-hydroxylation sites is 2. The lowest BCUT2D eigenvalue weighted by atomic mass is 9.61. The Morgan fingerprint density at radius 2 is 1.13 bits per heavy atom. The zero-order valence-electron chi connectivity index (χ0n) is 44.5. The quantitative estimate of drug-likeness (QED) is 0.127. The number of allylic oxidation sites excluding steroid dienone is 8. The van der Waals surface area contributed by atoms with Gasteiger partial charge in [0.05, 0.1) is 5.69 Å². The van der Waals surface area contributed by atoms with Crippen molar-refractivity contribution in [1.82, 2.24) is 0 Å². The van der Waals surface area contributed by atoms with Crippen molar-refractivity contribution < 1.29 is 4.42 Å². The molecular formula is C76H59NO. The Hall–Kier alpha value is -9.24. The normalized spacial score (nSPS) is 16.9. The molecule has 0 bridgehead atoms. The average Bonchev–Trinajstić information content (AvgIpc) is 4.19. The molecule has 2 heteroatoms. The summed E-state index contributed by atoms with van der Waals surface area (Å²) < 4.78 is 6.85. The molecule has 2 atom stereocenters. The van der Waals surface area contributed by atoms with Gasteiger partial charge in [0.25, 0.3) is 0 Å². The molecule has 0 saturated heterocycles. The van der Waals surface area contributed by atoms with Gasteiger partial charge in [-0.25, -0.2) is 0 Å². The molecule has 374 valence electrons. The molecular weight excluding hydrogens is 943 g/mol. The Bertz CT molecular complexity index is 4280. The molecule has 0 amide bonds. The van der Waals surface area contributed by atoms with Crippen LogP contribution in [0.5, 0.6) is 0 Å². The third kappa shape index (κ3) is 7.31. The zero-order valence-corrected chi connectivity index (χ0v) is 44.5. The van der Waals surface area contributed by atoms with E-state index in [4.69, 9.17) is 4.42 Å². The highest BCUT2D eigenvalue weighted by Gasteiger charge is 2.51. The summed E-state index contributed by atoms with van der Waals surface area (Å²) in [5, 5.41) is 2.26. The molecule has 3 aliphatic carbocycles. The van der Waals surface area contributed by atoms with Crippen LogP contribution in [-0.4, -0.2) is 0 Å². The van der Waals surface area contributed by atoms with Crippen molar-refractivity contribution in [2.24, 2.45) is 5.92 Å². The van der Waals surface area contributed by atoms with Crippen molar-refractivity contribution >= 4 is 39.0 Å². The van der Waals surface area contributed by atoms with Gasteiger partial charge in [0.1, 0.15) is 11.2 Å². The highest BCUT2D eigenvalue weighted by atomic mass is 16.3. The maximum absolute atomic E-state index is 6.85. The molecule has 14 rings (SSSR count). The van der Waals surface area contributed by atoms with Gasteiger partial charge >= 0.3 is 0 Å². The van der Waals surface area contributed by atoms with Crippen molar-refractivity contribution in [3.63, 3.8) is 0 Å². The number of furan rings is 1. The van der Waals surface area contributed by atoms with E-state index in [-0.39, 0.29) is 11.3 Å². The molecule has 11 aromatic rings. The molecule has 0 N–H and O–H groups in total. The van der Waals surface area contributed by atoms with Crippen LogP contribution in [0, 0.1) is 5.92 Å². The van der Waals surface area contributed by atoms with Gasteiger partial charge in [0.15, 0.2) is 0 Å². The molecule has 2 unspecified atom stereocenters. The second-order valence-corrected chi connectivity index (χ2v) is 21.8. The fraction of sp³-hybridized carbons (Fsp3) is 0.105. The number of hydrogen-bond donors (Lipinski definition) is 0. The predicted molar refractivity (Wildman–Crippen MR) is 329 cm³/mol. The van der Waals surface area contributed by atoms with E-state index in [9.17, 15) is 0 Å². The number of nitrogens with zero attached hydrogens (tertiary/aromatic N) is 1. The second kappa shape index (κ2) is 18.8. The van der Waals surface area contributed by atoms with Crippen LogP contribution in [0.25, 0.3) is 88.7 Å². The van der Waals surface area contributed by atoms with Crippen LogP contribution in [0.15, 0.2) is 277 Å². The van der Waals surface area contributed by atoms with E-state index in [0.717, 1.165) is 56.5 Å².